The van der Waals surface area contributed by atoms with Crippen LogP contribution in [0.3, 0.4) is 0 Å². The smallest absolute Gasteiger partial charge is 0.222 e. The number of hydrogen-bond donors (Lipinski definition) is 0. The number of rotatable bonds is 6. The lowest BCUT2D eigenvalue weighted by atomic mass is 9.48. The van der Waals surface area contributed by atoms with E-state index < -0.39 is 0 Å². The molecule has 0 radical (unpaired) electrons. The minimum absolute atomic E-state index is 0.425. The molecule has 0 spiro atoms. The average Bonchev–Trinajstić information content (AvgIpc) is 2.66. The van der Waals surface area contributed by atoms with Gasteiger partial charge in [0, 0.05) is 19.0 Å². The molecule has 0 aromatic carbocycles. The van der Waals surface area contributed by atoms with Gasteiger partial charge in [-0.1, -0.05) is 25.1 Å². The summed E-state index contributed by atoms with van der Waals surface area (Å²) >= 11 is 5.87. The summed E-state index contributed by atoms with van der Waals surface area (Å²) in [5.41, 5.74) is 0.567. The molecular weight excluding hydrogens is 362 g/mol. The zero-order valence-electron chi connectivity index (χ0n) is 17.7. The fraction of sp³-hybridized carbons (Fsp3) is 0.920. The number of amides is 1. The van der Waals surface area contributed by atoms with Gasteiger partial charge in [0.1, 0.15) is 0 Å². The van der Waals surface area contributed by atoms with Crippen LogP contribution >= 0.6 is 12.2 Å². The van der Waals surface area contributed by atoms with E-state index >= 15 is 0 Å². The number of thiocarbonyl (C=S) groups is 1. The second-order valence-corrected chi connectivity index (χ2v) is 11.9. The van der Waals surface area contributed by atoms with Gasteiger partial charge < -0.3 is 4.90 Å². The lowest BCUT2D eigenvalue weighted by Gasteiger charge is -2.57. The number of likely N-dealkylation sites (tertiary alicyclic amines) is 1. The molecule has 2 atom stereocenters. The lowest BCUT2D eigenvalue weighted by molar-refractivity contribution is -0.137. The first-order valence-electron chi connectivity index (χ1n) is 12.4. The van der Waals surface area contributed by atoms with Gasteiger partial charge in [-0.3, -0.25) is 4.79 Å². The van der Waals surface area contributed by atoms with Crippen LogP contribution in [0.1, 0.15) is 103 Å². The molecule has 5 aliphatic carbocycles. The van der Waals surface area contributed by atoms with Gasteiger partial charge in [-0.15, -0.1) is 0 Å². The summed E-state index contributed by atoms with van der Waals surface area (Å²) < 4.78 is 0. The molecule has 28 heavy (non-hydrogen) atoms. The monoisotopic (exact) mass is 401 g/mol. The first kappa shape index (κ1) is 19.5. The van der Waals surface area contributed by atoms with Gasteiger partial charge in [-0.25, -0.2) is 0 Å². The average molecular weight is 402 g/mol. The Morgan fingerprint density at radius 1 is 0.893 bits per heavy atom. The van der Waals surface area contributed by atoms with Gasteiger partial charge in [0.05, 0.1) is 0 Å². The number of carbonyl (C=O) groups excluding carboxylic acids is 1. The molecule has 0 N–H and O–H groups in total. The molecule has 0 aromatic heterocycles. The molecule has 1 saturated heterocycles. The SMILES string of the molecule is O=C(CCCC(=S)CC12CC3CC(CC(C3)C1)C2)N1CCCC2CCCCC21. The van der Waals surface area contributed by atoms with Crippen LogP contribution in [0, 0.1) is 29.1 Å². The van der Waals surface area contributed by atoms with Crippen molar-refractivity contribution in [3.63, 3.8) is 0 Å². The number of nitrogens with zero attached hydrogens (tertiary/aromatic N) is 1. The number of fused-ring (bicyclic) bond motifs is 1. The largest absolute Gasteiger partial charge is 0.339 e. The van der Waals surface area contributed by atoms with E-state index in [1.165, 1.54) is 88.3 Å². The Labute approximate surface area is 177 Å². The van der Waals surface area contributed by atoms with E-state index in [1.807, 2.05) is 0 Å². The van der Waals surface area contributed by atoms with E-state index in [0.29, 0.717) is 17.4 Å². The number of carbonyl (C=O) groups is 1. The normalized spacial score (nSPS) is 41.7. The van der Waals surface area contributed by atoms with Gasteiger partial charge in [0.15, 0.2) is 0 Å². The Bertz CT molecular complexity index is 576. The highest BCUT2D eigenvalue weighted by atomic mass is 32.1. The van der Waals surface area contributed by atoms with E-state index in [4.69, 9.17) is 12.2 Å². The van der Waals surface area contributed by atoms with E-state index in [-0.39, 0.29) is 0 Å². The fourth-order valence-corrected chi connectivity index (χ4v) is 8.98. The van der Waals surface area contributed by atoms with Crippen molar-refractivity contribution in [3.8, 4) is 0 Å². The molecule has 4 bridgehead atoms. The summed E-state index contributed by atoms with van der Waals surface area (Å²) in [6, 6.07) is 0.564. The third-order valence-corrected chi connectivity index (χ3v) is 9.50. The fourth-order valence-electron chi connectivity index (χ4n) is 8.53. The second-order valence-electron chi connectivity index (χ2n) is 11.3. The molecule has 3 heteroatoms. The maximum atomic E-state index is 12.9. The Hall–Kier alpha value is -0.440. The molecule has 2 unspecified atom stereocenters. The highest BCUT2D eigenvalue weighted by Crippen LogP contribution is 2.61. The van der Waals surface area contributed by atoms with Crippen LogP contribution in [0.5, 0.6) is 0 Å². The van der Waals surface area contributed by atoms with Crippen molar-refractivity contribution in [2.75, 3.05) is 6.54 Å². The van der Waals surface area contributed by atoms with E-state index in [1.54, 1.807) is 0 Å². The van der Waals surface area contributed by atoms with Crippen LogP contribution in [-0.2, 0) is 4.79 Å². The molecule has 1 amide bonds. The zero-order valence-corrected chi connectivity index (χ0v) is 18.5. The van der Waals surface area contributed by atoms with Crippen molar-refractivity contribution < 1.29 is 4.79 Å². The van der Waals surface area contributed by atoms with Gasteiger partial charge in [-0.05, 0) is 117 Å². The molecule has 156 valence electrons. The quantitative estimate of drug-likeness (QED) is 0.486. The minimum Gasteiger partial charge on any atom is -0.339 e. The predicted molar refractivity (Wildman–Crippen MR) is 118 cm³/mol. The van der Waals surface area contributed by atoms with Crippen molar-refractivity contribution >= 4 is 23.0 Å². The maximum absolute atomic E-state index is 12.9. The highest BCUT2D eigenvalue weighted by molar-refractivity contribution is 7.80. The minimum atomic E-state index is 0.425. The number of piperidine rings is 1. The molecule has 1 heterocycles. The van der Waals surface area contributed by atoms with Crippen LogP contribution in [0.25, 0.3) is 0 Å². The predicted octanol–water partition coefficient (Wildman–Crippen LogP) is 6.31. The summed E-state index contributed by atoms with van der Waals surface area (Å²) in [4.78, 5) is 16.5. The Morgan fingerprint density at radius 3 is 2.25 bits per heavy atom. The van der Waals surface area contributed by atoms with Crippen molar-refractivity contribution in [3.05, 3.63) is 0 Å². The summed E-state index contributed by atoms with van der Waals surface area (Å²) in [5, 5.41) is 0. The zero-order chi connectivity index (χ0) is 19.1. The molecule has 2 nitrogen and oxygen atoms in total. The van der Waals surface area contributed by atoms with Gasteiger partial charge in [-0.2, -0.15) is 0 Å². The summed E-state index contributed by atoms with van der Waals surface area (Å²) in [6.45, 7) is 1.01. The first-order chi connectivity index (χ1) is 13.6. The third kappa shape index (κ3) is 3.94. The first-order valence-corrected chi connectivity index (χ1v) is 12.8. The van der Waals surface area contributed by atoms with Crippen LogP contribution < -0.4 is 0 Å². The number of hydrogen-bond acceptors (Lipinski definition) is 2. The van der Waals surface area contributed by atoms with Gasteiger partial charge in [0.2, 0.25) is 5.91 Å². The summed E-state index contributed by atoms with van der Waals surface area (Å²) in [6.07, 6.45) is 20.7. The molecule has 5 saturated carbocycles. The Balaban J connectivity index is 1.09. The van der Waals surface area contributed by atoms with Crippen molar-refractivity contribution in [2.24, 2.45) is 29.1 Å². The molecule has 6 fully saturated rings. The Kier molecular flexibility index (Phi) is 5.58. The molecule has 0 aromatic rings. The van der Waals surface area contributed by atoms with Crippen LogP contribution in [0.4, 0.5) is 0 Å². The maximum Gasteiger partial charge on any atom is 0.222 e. The van der Waals surface area contributed by atoms with Crippen LogP contribution in [0.2, 0.25) is 0 Å². The van der Waals surface area contributed by atoms with Gasteiger partial charge in [0.25, 0.3) is 0 Å². The summed E-state index contributed by atoms with van der Waals surface area (Å²) in [7, 11) is 0. The van der Waals surface area contributed by atoms with Gasteiger partial charge >= 0.3 is 0 Å². The molecular formula is C25H39NOS. The van der Waals surface area contributed by atoms with Crippen molar-refractivity contribution in [1.29, 1.82) is 0 Å². The molecule has 1 aliphatic heterocycles. The van der Waals surface area contributed by atoms with E-state index in [9.17, 15) is 4.79 Å². The molecule has 6 rings (SSSR count). The van der Waals surface area contributed by atoms with Crippen molar-refractivity contribution in [1.82, 2.24) is 4.90 Å². The second kappa shape index (κ2) is 8.00. The van der Waals surface area contributed by atoms with E-state index in [2.05, 4.69) is 4.90 Å². The summed E-state index contributed by atoms with van der Waals surface area (Å²) in [5.74, 6) is 4.26. The topological polar surface area (TPSA) is 20.3 Å². The third-order valence-electron chi connectivity index (χ3n) is 9.15. The standard InChI is InChI=1S/C25H39NOS/c27-24(26-10-4-6-21-5-1-2-8-23(21)26)9-3-7-22(28)17-25-14-18-11-19(15-25)13-20(12-18)16-25/h18-21,23H,1-17H2. The van der Waals surface area contributed by atoms with Crippen LogP contribution in [-0.4, -0.2) is 28.3 Å². The van der Waals surface area contributed by atoms with E-state index in [0.717, 1.165) is 49.5 Å². The molecule has 6 aliphatic rings. The highest BCUT2D eigenvalue weighted by Gasteiger charge is 2.50. The van der Waals surface area contributed by atoms with Crippen LogP contribution in [0.15, 0.2) is 0 Å². The Morgan fingerprint density at radius 2 is 1.54 bits per heavy atom. The lowest BCUT2D eigenvalue weighted by Crippen LogP contribution is -2.49. The van der Waals surface area contributed by atoms with Crippen molar-refractivity contribution in [2.45, 2.75) is 109 Å².